The van der Waals surface area contributed by atoms with Crippen LogP contribution in [-0.2, 0) is 0 Å². The number of halogens is 2. The monoisotopic (exact) mass is 415 g/mol. The Bertz CT molecular complexity index is 352. The molecule has 1 rings (SSSR count). The molecule has 0 saturated heterocycles. The van der Waals surface area contributed by atoms with Crippen LogP contribution in [0.5, 0.6) is 5.75 Å². The van der Waals surface area contributed by atoms with Crippen molar-refractivity contribution < 1.29 is 5.11 Å². The van der Waals surface area contributed by atoms with Crippen LogP contribution in [-0.4, -0.2) is 5.11 Å². The van der Waals surface area contributed by atoms with Crippen molar-refractivity contribution >= 4 is 45.2 Å². The van der Waals surface area contributed by atoms with Gasteiger partial charge in [0.1, 0.15) is 5.75 Å². The Hall–Kier alpha value is 0.180. The number of aromatic hydroxyl groups is 1. The van der Waals surface area contributed by atoms with Crippen LogP contribution >= 0.6 is 45.2 Å². The molecular formula is C10H11I2NO. The topological polar surface area (TPSA) is 46.2 Å². The van der Waals surface area contributed by atoms with Gasteiger partial charge in [0.05, 0.1) is 3.57 Å². The first kappa shape index (κ1) is 12.3. The maximum Gasteiger partial charge on any atom is 0.133 e. The predicted octanol–water partition coefficient (Wildman–Crippen LogP) is 3.18. The predicted molar refractivity (Wildman–Crippen MR) is 75.3 cm³/mol. The van der Waals surface area contributed by atoms with E-state index in [9.17, 15) is 5.11 Å². The quantitative estimate of drug-likeness (QED) is 0.589. The Labute approximate surface area is 111 Å². The fourth-order valence-corrected chi connectivity index (χ4v) is 3.06. The van der Waals surface area contributed by atoms with Gasteiger partial charge in [-0.05, 0) is 63.7 Å². The van der Waals surface area contributed by atoms with Crippen molar-refractivity contribution in [3.05, 3.63) is 37.5 Å². The highest BCUT2D eigenvalue weighted by molar-refractivity contribution is 14.1. The van der Waals surface area contributed by atoms with Crippen LogP contribution in [0.3, 0.4) is 0 Å². The van der Waals surface area contributed by atoms with Gasteiger partial charge < -0.3 is 10.8 Å². The number of hydrogen-bond acceptors (Lipinski definition) is 2. The van der Waals surface area contributed by atoms with Gasteiger partial charge in [-0.1, -0.05) is 6.08 Å². The number of phenolic OH excluding ortho intramolecular Hbond substituents is 1. The van der Waals surface area contributed by atoms with Crippen molar-refractivity contribution in [2.75, 3.05) is 0 Å². The maximum absolute atomic E-state index is 9.79. The molecule has 1 unspecified atom stereocenters. The van der Waals surface area contributed by atoms with Gasteiger partial charge in [0, 0.05) is 15.2 Å². The molecule has 1 atom stereocenters. The highest BCUT2D eigenvalue weighted by Gasteiger charge is 2.12. The molecule has 3 N–H and O–H groups in total. The van der Waals surface area contributed by atoms with Crippen LogP contribution in [0.15, 0.2) is 24.8 Å². The third-order valence-electron chi connectivity index (χ3n) is 1.88. The number of benzene rings is 1. The summed E-state index contributed by atoms with van der Waals surface area (Å²) in [4.78, 5) is 0. The van der Waals surface area contributed by atoms with Crippen LogP contribution in [0.2, 0.25) is 0 Å². The molecule has 0 radical (unpaired) electrons. The summed E-state index contributed by atoms with van der Waals surface area (Å²) in [6, 6.07) is 3.66. The molecule has 0 amide bonds. The summed E-state index contributed by atoms with van der Waals surface area (Å²) < 4.78 is 1.92. The van der Waals surface area contributed by atoms with Gasteiger partial charge in [-0.25, -0.2) is 0 Å². The molecule has 0 aliphatic heterocycles. The van der Waals surface area contributed by atoms with Crippen molar-refractivity contribution in [2.45, 2.75) is 12.5 Å². The summed E-state index contributed by atoms with van der Waals surface area (Å²) in [7, 11) is 0. The van der Waals surface area contributed by atoms with Crippen LogP contribution in [0, 0.1) is 7.14 Å². The third-order valence-corrected chi connectivity index (χ3v) is 3.32. The Morgan fingerprint density at radius 3 is 2.71 bits per heavy atom. The summed E-state index contributed by atoms with van der Waals surface area (Å²) >= 11 is 4.31. The van der Waals surface area contributed by atoms with Crippen LogP contribution in [0.4, 0.5) is 0 Å². The van der Waals surface area contributed by atoms with E-state index in [1.54, 1.807) is 6.08 Å². The average molecular weight is 415 g/mol. The molecule has 1 aromatic carbocycles. The molecule has 0 bridgehead atoms. The van der Waals surface area contributed by atoms with E-state index in [0.29, 0.717) is 12.2 Å². The van der Waals surface area contributed by atoms with Crippen molar-refractivity contribution in [3.63, 3.8) is 0 Å². The Balaban J connectivity index is 3.12. The normalized spacial score (nSPS) is 12.5. The standard InChI is InChI=1S/C10H11I2NO/c1-2-3-9(13)7-4-6(11)5-8(12)10(7)14/h2,4-5,9,14H,1,3,13H2. The van der Waals surface area contributed by atoms with Crippen molar-refractivity contribution in [1.82, 2.24) is 0 Å². The van der Waals surface area contributed by atoms with E-state index in [4.69, 9.17) is 5.73 Å². The zero-order chi connectivity index (χ0) is 10.7. The molecule has 0 saturated carbocycles. The molecule has 0 aromatic heterocycles. The zero-order valence-electron chi connectivity index (χ0n) is 7.50. The van der Waals surface area contributed by atoms with Crippen molar-refractivity contribution in [1.29, 1.82) is 0 Å². The lowest BCUT2D eigenvalue weighted by molar-refractivity contribution is 0.457. The van der Waals surface area contributed by atoms with E-state index in [2.05, 4.69) is 51.8 Å². The molecule has 4 heteroatoms. The van der Waals surface area contributed by atoms with Crippen LogP contribution < -0.4 is 5.73 Å². The summed E-state index contributed by atoms with van der Waals surface area (Å²) in [6.45, 7) is 3.64. The lowest BCUT2D eigenvalue weighted by atomic mass is 10.0. The minimum absolute atomic E-state index is 0.171. The van der Waals surface area contributed by atoms with Gasteiger partial charge >= 0.3 is 0 Å². The Morgan fingerprint density at radius 2 is 2.14 bits per heavy atom. The van der Waals surface area contributed by atoms with Gasteiger partial charge in [-0.15, -0.1) is 6.58 Å². The lowest BCUT2D eigenvalue weighted by Crippen LogP contribution is -2.10. The smallest absolute Gasteiger partial charge is 0.133 e. The molecule has 76 valence electrons. The number of nitrogens with two attached hydrogens (primary N) is 1. The van der Waals surface area contributed by atoms with Gasteiger partial charge in [0.2, 0.25) is 0 Å². The minimum atomic E-state index is -0.171. The molecule has 0 heterocycles. The Kier molecular flexibility index (Phi) is 4.65. The first-order chi connectivity index (χ1) is 6.56. The molecule has 0 aliphatic rings. The largest absolute Gasteiger partial charge is 0.506 e. The first-order valence-corrected chi connectivity index (χ1v) is 6.26. The zero-order valence-corrected chi connectivity index (χ0v) is 11.8. The van der Waals surface area contributed by atoms with Crippen LogP contribution in [0.1, 0.15) is 18.0 Å². The van der Waals surface area contributed by atoms with Gasteiger partial charge in [0.25, 0.3) is 0 Å². The highest BCUT2D eigenvalue weighted by atomic mass is 127. The fraction of sp³-hybridized carbons (Fsp3) is 0.200. The summed E-state index contributed by atoms with van der Waals surface area (Å²) in [5.74, 6) is 0.292. The first-order valence-electron chi connectivity index (χ1n) is 4.10. The number of rotatable bonds is 3. The number of phenols is 1. The molecule has 0 fully saturated rings. The van der Waals surface area contributed by atoms with Gasteiger partial charge in [-0.3, -0.25) is 0 Å². The van der Waals surface area contributed by atoms with E-state index >= 15 is 0 Å². The SMILES string of the molecule is C=CCC(N)c1cc(I)cc(I)c1O. The second-order valence-corrected chi connectivity index (χ2v) is 5.36. The molecule has 2 nitrogen and oxygen atoms in total. The van der Waals surface area contributed by atoms with Gasteiger partial charge in [-0.2, -0.15) is 0 Å². The van der Waals surface area contributed by atoms with E-state index in [0.717, 1.165) is 12.7 Å². The maximum atomic E-state index is 9.79. The third kappa shape index (κ3) is 2.83. The summed E-state index contributed by atoms with van der Waals surface area (Å²) in [5.41, 5.74) is 6.70. The number of hydrogen-bond donors (Lipinski definition) is 2. The van der Waals surface area contributed by atoms with E-state index < -0.39 is 0 Å². The average Bonchev–Trinajstić information content (AvgIpc) is 2.11. The second-order valence-electron chi connectivity index (χ2n) is 2.96. The highest BCUT2D eigenvalue weighted by Crippen LogP contribution is 2.31. The lowest BCUT2D eigenvalue weighted by Gasteiger charge is -2.13. The molecular weight excluding hydrogens is 404 g/mol. The molecule has 0 spiro atoms. The van der Waals surface area contributed by atoms with Crippen molar-refractivity contribution in [2.24, 2.45) is 5.73 Å². The van der Waals surface area contributed by atoms with E-state index in [1.807, 2.05) is 12.1 Å². The van der Waals surface area contributed by atoms with E-state index in [1.165, 1.54) is 0 Å². The fourth-order valence-electron chi connectivity index (χ4n) is 1.18. The minimum Gasteiger partial charge on any atom is -0.506 e. The van der Waals surface area contributed by atoms with E-state index in [-0.39, 0.29) is 6.04 Å². The summed E-state index contributed by atoms with van der Waals surface area (Å²) in [5, 5.41) is 9.79. The van der Waals surface area contributed by atoms with Crippen LogP contribution in [0.25, 0.3) is 0 Å². The Morgan fingerprint density at radius 1 is 1.50 bits per heavy atom. The van der Waals surface area contributed by atoms with Gasteiger partial charge in [0.15, 0.2) is 0 Å². The van der Waals surface area contributed by atoms with Crippen molar-refractivity contribution in [3.8, 4) is 5.75 Å². The molecule has 1 aromatic rings. The molecule has 0 aliphatic carbocycles. The molecule has 14 heavy (non-hydrogen) atoms. The summed E-state index contributed by atoms with van der Waals surface area (Å²) in [6.07, 6.45) is 2.43. The second kappa shape index (κ2) is 5.32.